The van der Waals surface area contributed by atoms with Crippen LogP contribution in [0.1, 0.15) is 39.1 Å². The van der Waals surface area contributed by atoms with E-state index in [2.05, 4.69) is 18.2 Å². The molecule has 0 unspecified atom stereocenters. The van der Waals surface area contributed by atoms with Crippen molar-refractivity contribution >= 4 is 47.4 Å². The third-order valence-electron chi connectivity index (χ3n) is 6.69. The Bertz CT molecular complexity index is 1850. The van der Waals surface area contributed by atoms with Gasteiger partial charge in [0.15, 0.2) is 0 Å². The van der Waals surface area contributed by atoms with E-state index in [0.717, 1.165) is 12.2 Å². The highest BCUT2D eigenvalue weighted by Crippen LogP contribution is 2.27. The van der Waals surface area contributed by atoms with Gasteiger partial charge in [-0.15, -0.1) is 0 Å². The first-order valence-electron chi connectivity index (χ1n) is 15.7. The Morgan fingerprint density at radius 3 is 1.59 bits per heavy atom. The van der Waals surface area contributed by atoms with Crippen LogP contribution < -0.4 is 18.9 Å². The zero-order valence-corrected chi connectivity index (χ0v) is 28.2. The number of carbonyl (C=O) groups excluding carboxylic acids is 4. The van der Waals surface area contributed by atoms with Gasteiger partial charge in [-0.25, -0.2) is 19.2 Å². The predicted octanol–water partition coefficient (Wildman–Crippen LogP) is 7.53. The second-order valence-corrected chi connectivity index (χ2v) is 10.8. The van der Waals surface area contributed by atoms with Crippen molar-refractivity contribution in [3.63, 3.8) is 0 Å². The second-order valence-electron chi connectivity index (χ2n) is 10.4. The molecule has 11 nitrogen and oxygen atoms in total. The lowest BCUT2D eigenvalue weighted by atomic mass is 10.2. The van der Waals surface area contributed by atoms with Crippen LogP contribution in [0, 0.1) is 0 Å². The van der Waals surface area contributed by atoms with Crippen LogP contribution >= 0.6 is 11.6 Å². The monoisotopic (exact) mass is 711 g/mol. The van der Waals surface area contributed by atoms with Crippen LogP contribution in [0.4, 0.5) is 5.69 Å². The third kappa shape index (κ3) is 12.6. The molecule has 0 aliphatic heterocycles. The highest BCUT2D eigenvalue weighted by atomic mass is 35.5. The van der Waals surface area contributed by atoms with Gasteiger partial charge in [-0.2, -0.15) is 0 Å². The number of hydrogen-bond donors (Lipinski definition) is 0. The van der Waals surface area contributed by atoms with Crippen LogP contribution in [0.25, 0.3) is 0 Å². The third-order valence-corrected chi connectivity index (χ3v) is 6.98. The van der Waals surface area contributed by atoms with Crippen LogP contribution in [-0.4, -0.2) is 56.5 Å². The largest absolute Gasteiger partial charge is 0.493 e. The van der Waals surface area contributed by atoms with E-state index in [1.807, 2.05) is 0 Å². The van der Waals surface area contributed by atoms with Gasteiger partial charge in [0.25, 0.3) is 0 Å². The van der Waals surface area contributed by atoms with E-state index < -0.39 is 23.9 Å². The zero-order valence-electron chi connectivity index (χ0n) is 27.5. The summed E-state index contributed by atoms with van der Waals surface area (Å²) < 4.78 is 31.9. The predicted molar refractivity (Wildman–Crippen MR) is 190 cm³/mol. The van der Waals surface area contributed by atoms with Crippen molar-refractivity contribution in [3.05, 3.63) is 138 Å². The van der Waals surface area contributed by atoms with Crippen LogP contribution in [0.3, 0.4) is 0 Å². The molecule has 4 rings (SSSR count). The van der Waals surface area contributed by atoms with E-state index >= 15 is 0 Å². The number of rotatable bonds is 18. The summed E-state index contributed by atoms with van der Waals surface area (Å²) in [5, 5.41) is 0.220. The van der Waals surface area contributed by atoms with Gasteiger partial charge in [-0.1, -0.05) is 24.8 Å². The molecule has 0 bridgehead atoms. The topological polar surface area (TPSA) is 136 Å². The zero-order chi connectivity index (χ0) is 36.4. The molecule has 4 aromatic rings. The summed E-state index contributed by atoms with van der Waals surface area (Å²) in [6.45, 7) is 7.77. The number of ether oxygens (including phenoxy) is 6. The van der Waals surface area contributed by atoms with Gasteiger partial charge in [-0.3, -0.25) is 4.99 Å². The molecule has 0 amide bonds. The average molecular weight is 712 g/mol. The SMILES string of the molecule is C=CC(=O)OCCCOc1ccc(C(=O)Oc2ccc(N=Cc3ccc(OC(=O)c4ccc(OCCCOC(=O)C=C)cc4)c(Cl)c3)cc2)cc1. The van der Waals surface area contributed by atoms with Gasteiger partial charge >= 0.3 is 23.9 Å². The first-order chi connectivity index (χ1) is 24.7. The lowest BCUT2D eigenvalue weighted by Crippen LogP contribution is -2.09. The van der Waals surface area contributed by atoms with Crippen LogP contribution in [-0.2, 0) is 19.1 Å². The molecule has 262 valence electrons. The molecule has 0 aliphatic carbocycles. The summed E-state index contributed by atoms with van der Waals surface area (Å²) in [5.41, 5.74) is 1.92. The Balaban J connectivity index is 1.21. The molecular formula is C39H34ClNO10. The maximum Gasteiger partial charge on any atom is 0.343 e. The summed E-state index contributed by atoms with van der Waals surface area (Å²) in [5.74, 6) is -0.457. The summed E-state index contributed by atoms with van der Waals surface area (Å²) in [6, 6.07) is 24.4. The average Bonchev–Trinajstić information content (AvgIpc) is 3.15. The number of esters is 4. The number of carbonyl (C=O) groups is 4. The number of hydrogen-bond acceptors (Lipinski definition) is 11. The minimum Gasteiger partial charge on any atom is -0.493 e. The van der Waals surface area contributed by atoms with Crippen molar-refractivity contribution in [2.45, 2.75) is 12.8 Å². The van der Waals surface area contributed by atoms with Crippen molar-refractivity contribution in [1.29, 1.82) is 0 Å². The lowest BCUT2D eigenvalue weighted by Gasteiger charge is -2.09. The first kappa shape index (κ1) is 37.6. The molecule has 0 radical (unpaired) electrons. The number of benzene rings is 4. The smallest absolute Gasteiger partial charge is 0.343 e. The number of nitrogens with zero attached hydrogens (tertiary/aromatic N) is 1. The molecule has 0 saturated carbocycles. The Hall–Kier alpha value is -6.20. The molecule has 0 atom stereocenters. The number of aliphatic imine (C=N–C) groups is 1. The first-order valence-corrected chi connectivity index (χ1v) is 16.0. The van der Waals surface area contributed by atoms with E-state index in [9.17, 15) is 19.2 Å². The molecule has 51 heavy (non-hydrogen) atoms. The summed E-state index contributed by atoms with van der Waals surface area (Å²) in [6.07, 6.45) is 4.81. The highest BCUT2D eigenvalue weighted by Gasteiger charge is 2.13. The molecule has 0 aromatic heterocycles. The second kappa shape index (κ2) is 19.7. The molecule has 0 aliphatic rings. The van der Waals surface area contributed by atoms with E-state index in [1.54, 1.807) is 97.2 Å². The molecule has 0 fully saturated rings. The molecule has 0 N–H and O–H groups in total. The van der Waals surface area contributed by atoms with Crippen molar-refractivity contribution < 1.29 is 47.6 Å². The van der Waals surface area contributed by atoms with Gasteiger partial charge in [0, 0.05) is 31.2 Å². The van der Waals surface area contributed by atoms with Crippen LogP contribution in [0.15, 0.2) is 121 Å². The fraction of sp³-hybridized carbons (Fsp3) is 0.154. The summed E-state index contributed by atoms with van der Waals surface area (Å²) >= 11 is 6.39. The van der Waals surface area contributed by atoms with Gasteiger partial charge in [0.1, 0.15) is 23.0 Å². The standard InChI is InChI=1S/C39H34ClNO10/c1-3-36(42)48-23-5-21-46-31-14-8-28(9-15-31)38(44)50-33-18-12-30(13-19-33)41-26-27-7-20-35(34(40)25-27)51-39(45)29-10-16-32(17-11-29)47-22-6-24-49-37(43)4-2/h3-4,7-20,25-26H,1-2,5-6,21-24H2. The molecule has 0 spiro atoms. The van der Waals surface area contributed by atoms with Crippen LogP contribution in [0.5, 0.6) is 23.0 Å². The molecule has 0 heterocycles. The van der Waals surface area contributed by atoms with Crippen molar-refractivity contribution in [1.82, 2.24) is 0 Å². The molecule has 0 saturated heterocycles. The van der Waals surface area contributed by atoms with E-state index in [-0.39, 0.29) is 24.0 Å². The maximum atomic E-state index is 12.7. The van der Waals surface area contributed by atoms with Crippen LogP contribution in [0.2, 0.25) is 5.02 Å². The minimum absolute atomic E-state index is 0.185. The Labute approximate surface area is 299 Å². The van der Waals surface area contributed by atoms with Crippen molar-refractivity contribution in [2.24, 2.45) is 4.99 Å². The Morgan fingerprint density at radius 2 is 1.10 bits per heavy atom. The summed E-state index contributed by atoms with van der Waals surface area (Å²) in [4.78, 5) is 51.8. The van der Waals surface area contributed by atoms with Gasteiger partial charge < -0.3 is 28.4 Å². The Kier molecular flexibility index (Phi) is 14.5. The highest BCUT2D eigenvalue weighted by molar-refractivity contribution is 6.32. The maximum absolute atomic E-state index is 12.7. The fourth-order valence-corrected chi connectivity index (χ4v) is 4.32. The van der Waals surface area contributed by atoms with Crippen molar-refractivity contribution in [2.75, 3.05) is 26.4 Å². The fourth-order valence-electron chi connectivity index (χ4n) is 4.09. The lowest BCUT2D eigenvalue weighted by molar-refractivity contribution is -0.138. The number of halogens is 1. The minimum atomic E-state index is -0.592. The molecule has 4 aromatic carbocycles. The molecular weight excluding hydrogens is 678 g/mol. The van der Waals surface area contributed by atoms with Gasteiger partial charge in [-0.05, 0) is 96.6 Å². The van der Waals surface area contributed by atoms with E-state index in [1.165, 1.54) is 0 Å². The quantitative estimate of drug-likeness (QED) is 0.0335. The van der Waals surface area contributed by atoms with E-state index in [0.29, 0.717) is 65.7 Å². The Morgan fingerprint density at radius 1 is 0.608 bits per heavy atom. The normalized spacial score (nSPS) is 10.5. The van der Waals surface area contributed by atoms with Gasteiger partial charge in [0.2, 0.25) is 0 Å². The summed E-state index contributed by atoms with van der Waals surface area (Å²) in [7, 11) is 0. The van der Waals surface area contributed by atoms with Gasteiger partial charge in [0.05, 0.1) is 48.3 Å². The van der Waals surface area contributed by atoms with E-state index in [4.69, 9.17) is 40.0 Å². The molecule has 12 heteroatoms. The van der Waals surface area contributed by atoms with Crippen molar-refractivity contribution in [3.8, 4) is 23.0 Å².